The van der Waals surface area contributed by atoms with Gasteiger partial charge in [-0.3, -0.25) is 4.79 Å². The lowest BCUT2D eigenvalue weighted by Crippen LogP contribution is -2.55. The molecule has 2 aromatic heterocycles. The Balaban J connectivity index is 0.902. The second kappa shape index (κ2) is 18.3. The Morgan fingerprint density at radius 3 is 2.08 bits per heavy atom. The van der Waals surface area contributed by atoms with Crippen molar-refractivity contribution in [3.05, 3.63) is 121 Å². The molecule has 3 fully saturated rings. The summed E-state index contributed by atoms with van der Waals surface area (Å²) in [4.78, 5) is 70.0. The molecule has 3 N–H and O–H groups in total. The van der Waals surface area contributed by atoms with Gasteiger partial charge in [-0.15, -0.1) is 0 Å². The predicted molar refractivity (Wildman–Crippen MR) is 241 cm³/mol. The van der Waals surface area contributed by atoms with Crippen molar-refractivity contribution in [3.8, 4) is 33.6 Å². The van der Waals surface area contributed by atoms with Crippen molar-refractivity contribution >= 4 is 35.2 Å². The summed E-state index contributed by atoms with van der Waals surface area (Å²) in [7, 11) is 2.58. The minimum Gasteiger partial charge on any atom is -0.453 e. The highest BCUT2D eigenvalue weighted by atomic mass is 16.7. The zero-order valence-corrected chi connectivity index (χ0v) is 36.7. The number of carbonyl (C=O) groups is 4. The van der Waals surface area contributed by atoms with Gasteiger partial charge in [0.25, 0.3) is 5.91 Å². The molecular formula is C49H52N8O8. The van der Waals surface area contributed by atoms with Gasteiger partial charge in [0.1, 0.15) is 30.0 Å². The lowest BCUT2D eigenvalue weighted by Gasteiger charge is -2.39. The second-order valence-electron chi connectivity index (χ2n) is 17.0. The molecule has 16 heteroatoms. The third-order valence-corrected chi connectivity index (χ3v) is 12.7. The highest BCUT2D eigenvalue weighted by Gasteiger charge is 2.54. The number of likely N-dealkylation sites (tertiary alicyclic amines) is 1. The quantitative estimate of drug-likeness (QED) is 0.102. The Morgan fingerprint density at radius 1 is 0.815 bits per heavy atom. The Kier molecular flexibility index (Phi) is 12.2. The number of fused-ring (bicyclic) bond motifs is 1. The largest absolute Gasteiger partial charge is 0.453 e. The number of hydrazine groups is 1. The van der Waals surface area contributed by atoms with Gasteiger partial charge in [0.15, 0.2) is 5.79 Å². The van der Waals surface area contributed by atoms with Gasteiger partial charge in [-0.25, -0.2) is 24.6 Å². The summed E-state index contributed by atoms with van der Waals surface area (Å²) >= 11 is 0. The molecule has 0 aliphatic carbocycles. The third-order valence-electron chi connectivity index (χ3n) is 12.7. The van der Waals surface area contributed by atoms with E-state index in [1.807, 2.05) is 62.5 Å². The van der Waals surface area contributed by atoms with Gasteiger partial charge in [-0.05, 0) is 63.9 Å². The standard InChI is InChI=1S/C49H52N8O8/c1-30(2)42(28-58)57(48(61)63-4)56-29-49(64-21-22-65-49)25-41(56)45-51-26-38(52-45)32-14-12-31(13-15-32)34-16-17-36-24-37(19-18-35(36)23-34)39-27-50-44(53-39)40-11-8-20-55(40)46(59)43(54-47(60)62-3)33-9-6-5-7-10-33/h5-7,9-10,12-19,23-24,26-28,30,40-43H,8,11,20-22,25,29H2,1-4H3,(H,50,53)(H,51,52)(H,54,60). The molecule has 4 atom stereocenters. The van der Waals surface area contributed by atoms with Gasteiger partial charge < -0.3 is 43.9 Å². The van der Waals surface area contributed by atoms with Crippen molar-refractivity contribution < 1.29 is 38.1 Å². The van der Waals surface area contributed by atoms with Crippen molar-refractivity contribution in [2.45, 2.75) is 63.1 Å². The van der Waals surface area contributed by atoms with Crippen LogP contribution < -0.4 is 5.32 Å². The first-order valence-electron chi connectivity index (χ1n) is 21.9. The first kappa shape index (κ1) is 43.4. The maximum atomic E-state index is 14.0. The van der Waals surface area contributed by atoms with Crippen LogP contribution in [0.5, 0.6) is 0 Å². The topological polar surface area (TPSA) is 184 Å². The van der Waals surface area contributed by atoms with Gasteiger partial charge in [-0.1, -0.05) is 92.7 Å². The second-order valence-corrected chi connectivity index (χ2v) is 17.0. The van der Waals surface area contributed by atoms with Crippen molar-refractivity contribution in [2.24, 2.45) is 5.92 Å². The van der Waals surface area contributed by atoms with Gasteiger partial charge >= 0.3 is 12.2 Å². The number of rotatable bonds is 12. The number of hydrogen-bond donors (Lipinski definition) is 3. The number of aromatic nitrogens is 4. The maximum Gasteiger partial charge on any atom is 0.424 e. The van der Waals surface area contributed by atoms with E-state index in [1.54, 1.807) is 16.1 Å². The smallest absolute Gasteiger partial charge is 0.424 e. The normalized spacial score (nSPS) is 19.1. The third kappa shape index (κ3) is 8.59. The monoisotopic (exact) mass is 880 g/mol. The molecule has 3 saturated heterocycles. The van der Waals surface area contributed by atoms with Crippen LogP contribution >= 0.6 is 0 Å². The summed E-state index contributed by atoms with van der Waals surface area (Å²) in [6, 6.07) is 27.7. The average Bonchev–Trinajstić information content (AvgIpc) is 4.21. The van der Waals surface area contributed by atoms with E-state index in [1.165, 1.54) is 19.2 Å². The fourth-order valence-electron chi connectivity index (χ4n) is 9.31. The maximum absolute atomic E-state index is 14.0. The molecule has 3 amide bonds. The van der Waals surface area contributed by atoms with E-state index >= 15 is 0 Å². The molecule has 5 heterocycles. The molecule has 3 aliphatic heterocycles. The Hall–Kier alpha value is -6.88. The van der Waals surface area contributed by atoms with Crippen LogP contribution in [0.25, 0.3) is 44.4 Å². The van der Waals surface area contributed by atoms with E-state index in [-0.39, 0.29) is 24.4 Å². The molecule has 4 aromatic carbocycles. The Bertz CT molecular complexity index is 2680. The number of aromatic amines is 2. The van der Waals surface area contributed by atoms with Gasteiger partial charge in [0.2, 0.25) is 0 Å². The summed E-state index contributed by atoms with van der Waals surface area (Å²) < 4.78 is 22.2. The van der Waals surface area contributed by atoms with E-state index in [0.717, 1.165) is 63.5 Å². The number of hydrogen-bond acceptors (Lipinski definition) is 11. The summed E-state index contributed by atoms with van der Waals surface area (Å²) in [5.41, 5.74) is 6.33. The Morgan fingerprint density at radius 2 is 1.43 bits per heavy atom. The Labute approximate surface area is 376 Å². The van der Waals surface area contributed by atoms with Crippen LogP contribution in [-0.2, 0) is 28.5 Å². The molecule has 9 rings (SSSR count). The molecule has 3 aliphatic rings. The molecular weight excluding hydrogens is 829 g/mol. The van der Waals surface area contributed by atoms with Crippen LogP contribution in [0.15, 0.2) is 103 Å². The number of alkyl carbamates (subject to hydrolysis) is 1. The highest BCUT2D eigenvalue weighted by molar-refractivity contribution is 5.91. The van der Waals surface area contributed by atoms with E-state index in [2.05, 4.69) is 63.8 Å². The van der Waals surface area contributed by atoms with Crippen molar-refractivity contribution in [3.63, 3.8) is 0 Å². The summed E-state index contributed by atoms with van der Waals surface area (Å²) in [6.45, 7) is 5.41. The van der Waals surface area contributed by atoms with Gasteiger partial charge in [-0.2, -0.15) is 5.01 Å². The zero-order chi connectivity index (χ0) is 45.2. The minimum atomic E-state index is -0.943. The van der Waals surface area contributed by atoms with Crippen LogP contribution in [0.3, 0.4) is 0 Å². The fraction of sp³-hybridized carbons (Fsp3) is 0.347. The van der Waals surface area contributed by atoms with E-state index in [0.29, 0.717) is 43.4 Å². The van der Waals surface area contributed by atoms with Crippen LogP contribution in [0, 0.1) is 5.92 Å². The number of ether oxygens (including phenoxy) is 4. The number of amides is 3. The number of benzene rings is 4. The van der Waals surface area contributed by atoms with Gasteiger partial charge in [0, 0.05) is 18.5 Å². The minimum absolute atomic E-state index is 0.175. The summed E-state index contributed by atoms with van der Waals surface area (Å²) in [5.74, 6) is -0.0264. The van der Waals surface area contributed by atoms with Crippen molar-refractivity contribution in [2.75, 3.05) is 40.5 Å². The molecule has 65 heavy (non-hydrogen) atoms. The molecule has 16 nitrogen and oxygen atoms in total. The molecule has 1 spiro atoms. The lowest BCUT2D eigenvalue weighted by molar-refractivity contribution is -0.160. The fourth-order valence-corrected chi connectivity index (χ4v) is 9.31. The highest BCUT2D eigenvalue weighted by Crippen LogP contribution is 2.44. The first-order chi connectivity index (χ1) is 31.6. The lowest BCUT2D eigenvalue weighted by atomic mass is 9.98. The number of aldehydes is 1. The molecule has 336 valence electrons. The van der Waals surface area contributed by atoms with E-state index < -0.39 is 36.1 Å². The molecule has 0 bridgehead atoms. The van der Waals surface area contributed by atoms with Crippen LogP contribution in [0.2, 0.25) is 0 Å². The zero-order valence-electron chi connectivity index (χ0n) is 36.7. The number of nitrogens with zero attached hydrogens (tertiary/aromatic N) is 5. The van der Waals surface area contributed by atoms with Crippen molar-refractivity contribution in [1.29, 1.82) is 0 Å². The average molecular weight is 881 g/mol. The molecule has 0 radical (unpaired) electrons. The molecule has 4 unspecified atom stereocenters. The van der Waals surface area contributed by atoms with Crippen molar-refractivity contribution in [1.82, 2.24) is 40.2 Å². The predicted octanol–water partition coefficient (Wildman–Crippen LogP) is 7.74. The number of imidazole rings is 2. The number of nitrogens with one attached hydrogen (secondary N) is 3. The molecule has 0 saturated carbocycles. The number of carbonyl (C=O) groups excluding carboxylic acids is 4. The number of methoxy groups -OCH3 is 2. The van der Waals surface area contributed by atoms with Crippen LogP contribution in [-0.4, -0.2) is 112 Å². The SMILES string of the molecule is COC(=O)NC(C(=O)N1CCCC1c1ncc(-c2ccc3cc(-c4ccc(-c5cnc(C6CC7(CN6N(C(=O)OC)C(C=O)C(C)C)OCCO7)[nH]5)cc4)ccc3c2)[nH]1)c1ccccc1. The van der Waals surface area contributed by atoms with E-state index in [9.17, 15) is 19.2 Å². The molecule has 6 aromatic rings. The first-order valence-corrected chi connectivity index (χ1v) is 21.9. The van der Waals surface area contributed by atoms with Crippen LogP contribution in [0.4, 0.5) is 9.59 Å². The number of H-pyrrole nitrogens is 2. The van der Waals surface area contributed by atoms with Gasteiger partial charge in [0.05, 0.1) is 69.8 Å². The summed E-state index contributed by atoms with van der Waals surface area (Å²) in [6.07, 6.45) is 4.99. The van der Waals surface area contributed by atoms with Crippen LogP contribution in [0.1, 0.15) is 68.4 Å². The summed E-state index contributed by atoms with van der Waals surface area (Å²) in [5, 5.41) is 8.04. The van der Waals surface area contributed by atoms with E-state index in [4.69, 9.17) is 28.9 Å².